The Bertz CT molecular complexity index is 1060. The van der Waals surface area contributed by atoms with Crippen LogP contribution in [0.25, 0.3) is 5.70 Å². The van der Waals surface area contributed by atoms with E-state index in [1.165, 1.54) is 0 Å². The Kier molecular flexibility index (Phi) is 6.28. The molecule has 0 N–H and O–H groups in total. The molecule has 3 aromatic carbocycles. The number of hydrogen-bond acceptors (Lipinski definition) is 1. The summed E-state index contributed by atoms with van der Waals surface area (Å²) in [6.45, 7) is 7.81. The van der Waals surface area contributed by atoms with Crippen molar-refractivity contribution in [2.45, 2.75) is 25.4 Å². The molecule has 0 saturated carbocycles. The van der Waals surface area contributed by atoms with Crippen molar-refractivity contribution in [2.75, 3.05) is 4.57 Å². The third-order valence-corrected chi connectivity index (χ3v) is 8.64. The van der Waals surface area contributed by atoms with Gasteiger partial charge in [0.25, 0.3) is 0 Å². The molecule has 3 rings (SSSR count). The number of benzene rings is 3. The van der Waals surface area contributed by atoms with Crippen molar-refractivity contribution in [1.82, 2.24) is 0 Å². The summed E-state index contributed by atoms with van der Waals surface area (Å²) in [5.41, 5.74) is -1.97. The van der Waals surface area contributed by atoms with E-state index in [1.807, 2.05) is 25.2 Å². The largest absolute Gasteiger partial charge is 0.416 e. The lowest BCUT2D eigenvalue weighted by atomic mass is 10.1. The van der Waals surface area contributed by atoms with Gasteiger partial charge in [-0.2, -0.15) is 26.3 Å². The molecule has 168 valence electrons. The Morgan fingerprint density at radius 3 is 1.59 bits per heavy atom. The fourth-order valence-corrected chi connectivity index (χ4v) is 6.46. The molecule has 0 amide bonds. The highest BCUT2D eigenvalue weighted by molar-refractivity contribution is 6.94. The highest BCUT2D eigenvalue weighted by Gasteiger charge is 2.40. The van der Waals surface area contributed by atoms with Crippen molar-refractivity contribution in [1.29, 1.82) is 0 Å². The van der Waals surface area contributed by atoms with Gasteiger partial charge in [-0.1, -0.05) is 67.2 Å². The maximum atomic E-state index is 13.5. The molecular weight excluding hydrogens is 444 g/mol. The zero-order chi connectivity index (χ0) is 23.7. The van der Waals surface area contributed by atoms with Crippen LogP contribution < -0.4 is 9.75 Å². The second kappa shape index (κ2) is 8.50. The third kappa shape index (κ3) is 4.90. The maximum Gasteiger partial charge on any atom is 0.416 e. The van der Waals surface area contributed by atoms with Gasteiger partial charge in [-0.05, 0) is 42.0 Å². The van der Waals surface area contributed by atoms with E-state index < -0.39 is 31.7 Å². The van der Waals surface area contributed by atoms with Gasteiger partial charge in [0.1, 0.15) is 0 Å². The molecule has 0 saturated heterocycles. The van der Waals surface area contributed by atoms with Gasteiger partial charge in [-0.15, -0.1) is 0 Å². The number of rotatable bonds is 5. The average molecular weight is 466 g/mol. The molecule has 0 aromatic heterocycles. The molecule has 0 atom stereocenters. The number of nitrogens with zero attached hydrogens (tertiary/aromatic N) is 1. The number of alkyl halides is 6. The molecule has 0 heterocycles. The van der Waals surface area contributed by atoms with Crippen LogP contribution in [-0.4, -0.2) is 8.24 Å². The fraction of sp³-hybridized carbons (Fsp3) is 0.167. The lowest BCUT2D eigenvalue weighted by molar-refractivity contribution is -0.143. The van der Waals surface area contributed by atoms with Crippen molar-refractivity contribution >= 4 is 24.8 Å². The van der Waals surface area contributed by atoms with Crippen LogP contribution in [0.4, 0.5) is 32.0 Å². The Balaban J connectivity index is 2.30. The summed E-state index contributed by atoms with van der Waals surface area (Å²) in [7, 11) is -2.86. The van der Waals surface area contributed by atoms with E-state index in [4.69, 9.17) is 0 Å². The Morgan fingerprint density at radius 2 is 1.16 bits per heavy atom. The lowest BCUT2D eigenvalue weighted by Crippen LogP contribution is -2.57. The van der Waals surface area contributed by atoms with E-state index in [0.717, 1.165) is 17.3 Å². The summed E-state index contributed by atoms with van der Waals surface area (Å²) >= 11 is 0. The maximum absolute atomic E-state index is 13.5. The summed E-state index contributed by atoms with van der Waals surface area (Å²) < 4.78 is 82.8. The molecule has 0 spiro atoms. The minimum absolute atomic E-state index is 0.143. The number of hydrogen-bond donors (Lipinski definition) is 0. The zero-order valence-electron chi connectivity index (χ0n) is 17.4. The molecule has 0 aliphatic rings. The second-order valence-electron chi connectivity index (χ2n) is 7.84. The lowest BCUT2D eigenvalue weighted by Gasteiger charge is -2.41. The molecule has 3 aromatic rings. The van der Waals surface area contributed by atoms with E-state index in [1.54, 1.807) is 53.1 Å². The predicted molar refractivity (Wildman–Crippen MR) is 118 cm³/mol. The molecule has 1 nitrogen and oxygen atoms in total. The monoisotopic (exact) mass is 465 g/mol. The number of anilines is 1. The minimum atomic E-state index is -4.94. The van der Waals surface area contributed by atoms with Gasteiger partial charge in [-0.3, -0.25) is 0 Å². The van der Waals surface area contributed by atoms with E-state index in [0.29, 0.717) is 11.3 Å². The van der Waals surface area contributed by atoms with Crippen LogP contribution in [0, 0.1) is 0 Å². The molecule has 8 heteroatoms. The third-order valence-electron chi connectivity index (χ3n) is 5.25. The highest BCUT2D eigenvalue weighted by Crippen LogP contribution is 2.41. The molecule has 0 radical (unpaired) electrons. The molecular formula is C24H21F6NSi. The first-order chi connectivity index (χ1) is 14.8. The van der Waals surface area contributed by atoms with Crippen molar-refractivity contribution < 1.29 is 26.3 Å². The Morgan fingerprint density at radius 1 is 0.719 bits per heavy atom. The summed E-state index contributed by atoms with van der Waals surface area (Å²) in [5, 5.41) is 0.836. The molecule has 0 fully saturated rings. The van der Waals surface area contributed by atoms with Gasteiger partial charge >= 0.3 is 12.4 Å². The standard InChI is InChI=1S/C24H21F6NSi/c1-17(18-10-6-4-7-11-18)31(32(2,3)22-12-8-5-9-13-22)21-15-19(23(25,26)27)14-20(16-21)24(28,29)30/h4-16H,1H2,2-3H3. The van der Waals surface area contributed by atoms with Crippen LogP contribution in [0.5, 0.6) is 0 Å². The SMILES string of the molecule is C=C(c1ccccc1)N(c1cc(C(F)(F)F)cc(C(F)(F)F)c1)[Si](C)(C)c1ccccc1. The van der Waals surface area contributed by atoms with E-state index in [9.17, 15) is 26.3 Å². The van der Waals surface area contributed by atoms with E-state index in [2.05, 4.69) is 6.58 Å². The average Bonchev–Trinajstić information content (AvgIpc) is 2.73. The van der Waals surface area contributed by atoms with Gasteiger partial charge in [0.15, 0.2) is 8.24 Å². The summed E-state index contributed by atoms with van der Waals surface area (Å²) in [6, 6.07) is 19.4. The van der Waals surface area contributed by atoms with Gasteiger partial charge < -0.3 is 4.57 Å². The van der Waals surface area contributed by atoms with Crippen LogP contribution in [0.2, 0.25) is 13.1 Å². The summed E-state index contributed by atoms with van der Waals surface area (Å²) in [5.74, 6) is 0. The first-order valence-corrected chi connectivity index (χ1v) is 12.7. The highest BCUT2D eigenvalue weighted by atomic mass is 28.3. The van der Waals surface area contributed by atoms with Crippen molar-refractivity contribution in [3.8, 4) is 0 Å². The van der Waals surface area contributed by atoms with Crippen LogP contribution >= 0.6 is 0 Å². The smallest absolute Gasteiger partial charge is 0.365 e. The van der Waals surface area contributed by atoms with Crippen molar-refractivity contribution in [2.24, 2.45) is 0 Å². The number of halogens is 6. The van der Waals surface area contributed by atoms with Gasteiger partial charge in [-0.25, -0.2) is 0 Å². The van der Waals surface area contributed by atoms with Crippen LogP contribution in [-0.2, 0) is 12.4 Å². The molecule has 0 aliphatic carbocycles. The summed E-state index contributed by atoms with van der Waals surface area (Å²) in [6.07, 6.45) is -9.87. The van der Waals surface area contributed by atoms with E-state index >= 15 is 0 Å². The molecule has 32 heavy (non-hydrogen) atoms. The van der Waals surface area contributed by atoms with Crippen LogP contribution in [0.1, 0.15) is 16.7 Å². The Labute approximate surface area is 183 Å². The normalized spacial score (nSPS) is 12.5. The molecule has 0 unspecified atom stereocenters. The van der Waals surface area contributed by atoms with Crippen molar-refractivity contribution in [3.05, 3.63) is 102 Å². The fourth-order valence-electron chi connectivity index (χ4n) is 3.62. The van der Waals surface area contributed by atoms with Gasteiger partial charge in [0.05, 0.1) is 11.1 Å². The second-order valence-corrected chi connectivity index (χ2v) is 12.0. The Hall–Kier alpha value is -3.00. The van der Waals surface area contributed by atoms with Gasteiger partial charge in [0, 0.05) is 11.4 Å². The topological polar surface area (TPSA) is 3.24 Å². The first kappa shape index (κ1) is 23.7. The molecule has 0 aliphatic heterocycles. The zero-order valence-corrected chi connectivity index (χ0v) is 18.4. The van der Waals surface area contributed by atoms with Crippen LogP contribution in [0.15, 0.2) is 85.4 Å². The first-order valence-electron chi connectivity index (χ1n) is 9.71. The summed E-state index contributed by atoms with van der Waals surface area (Å²) in [4.78, 5) is 0. The van der Waals surface area contributed by atoms with E-state index in [-0.39, 0.29) is 11.8 Å². The predicted octanol–water partition coefficient (Wildman–Crippen LogP) is 7.31. The minimum Gasteiger partial charge on any atom is -0.365 e. The van der Waals surface area contributed by atoms with Crippen LogP contribution in [0.3, 0.4) is 0 Å². The van der Waals surface area contributed by atoms with Crippen molar-refractivity contribution in [3.63, 3.8) is 0 Å². The quantitative estimate of drug-likeness (QED) is 0.282. The molecule has 0 bridgehead atoms. The van der Waals surface area contributed by atoms with Gasteiger partial charge in [0.2, 0.25) is 0 Å².